The molecule has 0 radical (unpaired) electrons. The molecule has 4 heteroatoms. The highest BCUT2D eigenvalue weighted by atomic mass is 19.1. The lowest BCUT2D eigenvalue weighted by molar-refractivity contribution is 0.399. The van der Waals surface area contributed by atoms with E-state index >= 15 is 0 Å². The number of hydrogen-bond acceptors (Lipinski definition) is 2. The van der Waals surface area contributed by atoms with Crippen molar-refractivity contribution in [3.05, 3.63) is 71.9 Å². The summed E-state index contributed by atoms with van der Waals surface area (Å²) >= 11 is 0. The first-order valence-electron chi connectivity index (χ1n) is 7.16. The van der Waals surface area contributed by atoms with E-state index in [0.29, 0.717) is 5.88 Å². The molecule has 1 aromatic heterocycles. The number of benzene rings is 2. The van der Waals surface area contributed by atoms with E-state index in [0.717, 1.165) is 27.9 Å². The van der Waals surface area contributed by atoms with Crippen molar-refractivity contribution in [2.45, 2.75) is 6.92 Å². The zero-order valence-corrected chi connectivity index (χ0v) is 12.8. The number of aryl methyl sites for hydroxylation is 1. The zero-order chi connectivity index (χ0) is 16.4. The molecule has 3 aromatic rings. The smallest absolute Gasteiger partial charge is 0.221 e. The van der Waals surface area contributed by atoms with E-state index in [1.165, 1.54) is 24.3 Å². The van der Waals surface area contributed by atoms with Crippen molar-refractivity contribution < 1.29 is 13.5 Å². The number of rotatable bonds is 3. The number of hydrogen-bond donors (Lipinski definition) is 0. The Balaban J connectivity index is 2.17. The van der Waals surface area contributed by atoms with Crippen molar-refractivity contribution >= 4 is 0 Å². The third-order valence-electron chi connectivity index (χ3n) is 3.68. The number of methoxy groups -OCH3 is 1. The van der Waals surface area contributed by atoms with Gasteiger partial charge in [0.05, 0.1) is 7.11 Å². The van der Waals surface area contributed by atoms with Gasteiger partial charge in [-0.1, -0.05) is 24.3 Å². The molecule has 1 heterocycles. The Hall–Kier alpha value is -2.75. The molecule has 3 rings (SSSR count). The fraction of sp³-hybridized carbons (Fsp3) is 0.105. The van der Waals surface area contributed by atoms with Gasteiger partial charge in [0.1, 0.15) is 11.6 Å². The van der Waals surface area contributed by atoms with Gasteiger partial charge in [0.15, 0.2) is 0 Å². The van der Waals surface area contributed by atoms with Crippen LogP contribution in [0.5, 0.6) is 5.88 Å². The van der Waals surface area contributed by atoms with E-state index in [2.05, 4.69) is 4.98 Å². The van der Waals surface area contributed by atoms with E-state index in [1.54, 1.807) is 31.4 Å². The number of halogens is 2. The minimum absolute atomic E-state index is 0.286. The van der Waals surface area contributed by atoms with Gasteiger partial charge in [-0.25, -0.2) is 13.8 Å². The maximum Gasteiger partial charge on any atom is 0.221 e. The molecule has 0 spiro atoms. The molecule has 2 nitrogen and oxygen atoms in total. The first kappa shape index (κ1) is 15.2. The first-order chi connectivity index (χ1) is 11.1. The summed E-state index contributed by atoms with van der Waals surface area (Å²) in [5.41, 5.74) is 4.09. The molecular formula is C19H15F2NO. The van der Waals surface area contributed by atoms with Crippen molar-refractivity contribution in [1.29, 1.82) is 0 Å². The summed E-state index contributed by atoms with van der Waals surface area (Å²) in [6.07, 6.45) is 0. The van der Waals surface area contributed by atoms with Gasteiger partial charge >= 0.3 is 0 Å². The van der Waals surface area contributed by atoms with Crippen LogP contribution in [0.3, 0.4) is 0 Å². The molecule has 0 saturated carbocycles. The van der Waals surface area contributed by atoms with Crippen molar-refractivity contribution in [3.63, 3.8) is 0 Å². The van der Waals surface area contributed by atoms with Gasteiger partial charge in [-0.15, -0.1) is 0 Å². The third-order valence-corrected chi connectivity index (χ3v) is 3.68. The number of nitrogens with zero attached hydrogens (tertiary/aromatic N) is 1. The van der Waals surface area contributed by atoms with Crippen LogP contribution < -0.4 is 4.74 Å². The minimum atomic E-state index is -0.299. The maximum atomic E-state index is 13.1. The molecule has 0 fully saturated rings. The van der Waals surface area contributed by atoms with E-state index in [4.69, 9.17) is 4.74 Å². The van der Waals surface area contributed by atoms with Gasteiger partial charge < -0.3 is 4.74 Å². The summed E-state index contributed by atoms with van der Waals surface area (Å²) in [6, 6.07) is 14.3. The van der Waals surface area contributed by atoms with Gasteiger partial charge in [-0.05, 0) is 48.4 Å². The van der Waals surface area contributed by atoms with Gasteiger partial charge in [-0.3, -0.25) is 0 Å². The standard InChI is InChI=1S/C19H15F2NO/c1-12-17(13-3-7-15(20)8-4-13)11-18(19(22-12)23-2)14-5-9-16(21)10-6-14/h3-11H,1-2H3. The molecule has 0 aliphatic rings. The average molecular weight is 311 g/mol. The molecule has 0 saturated heterocycles. The summed E-state index contributed by atoms with van der Waals surface area (Å²) in [5.74, 6) is -0.113. The normalized spacial score (nSPS) is 10.6. The Labute approximate surface area is 133 Å². The summed E-state index contributed by atoms with van der Waals surface area (Å²) in [6.45, 7) is 1.87. The molecule has 0 atom stereocenters. The Morgan fingerprint density at radius 2 is 1.26 bits per heavy atom. The summed E-state index contributed by atoms with van der Waals surface area (Å²) < 4.78 is 31.6. The SMILES string of the molecule is COc1nc(C)c(-c2ccc(F)cc2)cc1-c1ccc(F)cc1. The molecule has 0 unspecified atom stereocenters. The van der Waals surface area contributed by atoms with Crippen LogP contribution in [0.25, 0.3) is 22.3 Å². The molecule has 0 aliphatic heterocycles. The molecular weight excluding hydrogens is 296 g/mol. The molecule has 0 amide bonds. The molecule has 116 valence electrons. The maximum absolute atomic E-state index is 13.1. The Morgan fingerprint density at radius 1 is 0.783 bits per heavy atom. The Kier molecular flexibility index (Phi) is 4.06. The summed E-state index contributed by atoms with van der Waals surface area (Å²) in [4.78, 5) is 4.48. The van der Waals surface area contributed by atoms with Crippen LogP contribution in [0.4, 0.5) is 8.78 Å². The zero-order valence-electron chi connectivity index (χ0n) is 12.8. The second kappa shape index (κ2) is 6.16. The summed E-state index contributed by atoms with van der Waals surface area (Å²) in [7, 11) is 1.55. The fourth-order valence-electron chi connectivity index (χ4n) is 2.50. The van der Waals surface area contributed by atoms with Crippen LogP contribution in [0.2, 0.25) is 0 Å². The van der Waals surface area contributed by atoms with Crippen LogP contribution >= 0.6 is 0 Å². The molecule has 0 aliphatic carbocycles. The van der Waals surface area contributed by atoms with Crippen molar-refractivity contribution in [3.8, 4) is 28.1 Å². The average Bonchev–Trinajstić information content (AvgIpc) is 2.56. The van der Waals surface area contributed by atoms with Crippen LogP contribution in [0.15, 0.2) is 54.6 Å². The van der Waals surface area contributed by atoms with E-state index < -0.39 is 0 Å². The second-order valence-electron chi connectivity index (χ2n) is 5.19. The van der Waals surface area contributed by atoms with Gasteiger partial charge in [0.25, 0.3) is 0 Å². The topological polar surface area (TPSA) is 22.1 Å². The lowest BCUT2D eigenvalue weighted by Crippen LogP contribution is -1.97. The van der Waals surface area contributed by atoms with E-state index in [-0.39, 0.29) is 11.6 Å². The first-order valence-corrected chi connectivity index (χ1v) is 7.16. The van der Waals surface area contributed by atoms with Crippen LogP contribution in [-0.2, 0) is 0 Å². The van der Waals surface area contributed by atoms with Crippen LogP contribution in [0.1, 0.15) is 5.69 Å². The number of aromatic nitrogens is 1. The van der Waals surface area contributed by atoms with Crippen LogP contribution in [0, 0.1) is 18.6 Å². The summed E-state index contributed by atoms with van der Waals surface area (Å²) in [5, 5.41) is 0. The lowest BCUT2D eigenvalue weighted by Gasteiger charge is -2.13. The molecule has 0 bridgehead atoms. The van der Waals surface area contributed by atoms with Gasteiger partial charge in [0.2, 0.25) is 5.88 Å². The van der Waals surface area contributed by atoms with Gasteiger partial charge in [-0.2, -0.15) is 0 Å². The molecule has 23 heavy (non-hydrogen) atoms. The van der Waals surface area contributed by atoms with Crippen molar-refractivity contribution in [2.24, 2.45) is 0 Å². The Morgan fingerprint density at radius 3 is 1.74 bits per heavy atom. The number of pyridine rings is 1. The van der Waals surface area contributed by atoms with E-state index in [9.17, 15) is 8.78 Å². The highest BCUT2D eigenvalue weighted by Gasteiger charge is 2.13. The monoisotopic (exact) mass is 311 g/mol. The van der Waals surface area contributed by atoms with Crippen LogP contribution in [-0.4, -0.2) is 12.1 Å². The van der Waals surface area contributed by atoms with Crippen molar-refractivity contribution in [1.82, 2.24) is 4.98 Å². The highest BCUT2D eigenvalue weighted by molar-refractivity contribution is 5.77. The van der Waals surface area contributed by atoms with Gasteiger partial charge in [0, 0.05) is 16.8 Å². The second-order valence-corrected chi connectivity index (χ2v) is 5.19. The minimum Gasteiger partial charge on any atom is -0.481 e. The predicted octanol–water partition coefficient (Wildman–Crippen LogP) is 5.01. The predicted molar refractivity (Wildman–Crippen MR) is 86.3 cm³/mol. The number of ether oxygens (including phenoxy) is 1. The van der Waals surface area contributed by atoms with E-state index in [1.807, 2.05) is 13.0 Å². The third kappa shape index (κ3) is 3.06. The molecule has 0 N–H and O–H groups in total. The fourth-order valence-corrected chi connectivity index (χ4v) is 2.50. The molecule has 2 aromatic carbocycles. The largest absolute Gasteiger partial charge is 0.481 e. The quantitative estimate of drug-likeness (QED) is 0.678. The van der Waals surface area contributed by atoms with Crippen molar-refractivity contribution in [2.75, 3.05) is 7.11 Å². The lowest BCUT2D eigenvalue weighted by atomic mass is 9.99. The Bertz CT molecular complexity index is 827. The highest BCUT2D eigenvalue weighted by Crippen LogP contribution is 2.34.